The lowest BCUT2D eigenvalue weighted by molar-refractivity contribution is 0.247. The fourth-order valence-corrected chi connectivity index (χ4v) is 3.88. The smallest absolute Gasteiger partial charge is 0.336 e. The van der Waals surface area contributed by atoms with Crippen molar-refractivity contribution in [1.82, 2.24) is 14.9 Å². The second kappa shape index (κ2) is 9.27. The molecule has 0 saturated carbocycles. The van der Waals surface area contributed by atoms with E-state index in [2.05, 4.69) is 34.8 Å². The molecular weight excluding hydrogens is 390 g/mol. The maximum Gasteiger partial charge on any atom is 0.336 e. The second-order valence-electron chi connectivity index (χ2n) is 7.87. The van der Waals surface area contributed by atoms with Crippen molar-refractivity contribution < 1.29 is 4.42 Å². The Hall–Kier alpha value is -3.25. The molecule has 0 unspecified atom stereocenters. The molecule has 0 aliphatic heterocycles. The van der Waals surface area contributed by atoms with E-state index < -0.39 is 0 Å². The molecule has 4 aromatic rings. The monoisotopic (exact) mass is 417 g/mol. The number of H-pyrrole nitrogens is 1. The lowest BCUT2D eigenvalue weighted by Gasteiger charge is -2.22. The van der Waals surface area contributed by atoms with Crippen LogP contribution >= 0.6 is 0 Å². The van der Waals surface area contributed by atoms with Crippen molar-refractivity contribution in [2.75, 3.05) is 6.54 Å². The molecule has 0 atom stereocenters. The second-order valence-corrected chi connectivity index (χ2v) is 7.87. The van der Waals surface area contributed by atoms with Crippen LogP contribution in [0, 0.1) is 0 Å². The summed E-state index contributed by atoms with van der Waals surface area (Å²) < 4.78 is 5.46. The van der Waals surface area contributed by atoms with Gasteiger partial charge in [0.2, 0.25) is 0 Å². The van der Waals surface area contributed by atoms with E-state index >= 15 is 0 Å². The number of hydrogen-bond acceptors (Lipinski definition) is 5. The third-order valence-electron chi connectivity index (χ3n) is 5.56. The van der Waals surface area contributed by atoms with E-state index in [-0.39, 0.29) is 11.2 Å². The summed E-state index contributed by atoms with van der Waals surface area (Å²) in [7, 11) is 0. The molecule has 0 amide bonds. The van der Waals surface area contributed by atoms with Crippen LogP contribution in [0.2, 0.25) is 0 Å². The zero-order valence-corrected chi connectivity index (χ0v) is 18.0. The van der Waals surface area contributed by atoms with Gasteiger partial charge in [0.15, 0.2) is 0 Å². The molecule has 0 saturated heterocycles. The van der Waals surface area contributed by atoms with Crippen LogP contribution in [-0.4, -0.2) is 21.4 Å². The van der Waals surface area contributed by atoms with Crippen molar-refractivity contribution >= 4 is 21.9 Å². The van der Waals surface area contributed by atoms with Crippen LogP contribution in [-0.2, 0) is 19.5 Å². The Bertz CT molecular complexity index is 1320. The Labute approximate surface area is 180 Å². The third-order valence-corrected chi connectivity index (χ3v) is 5.56. The Morgan fingerprint density at radius 3 is 2.65 bits per heavy atom. The van der Waals surface area contributed by atoms with Crippen molar-refractivity contribution in [3.63, 3.8) is 0 Å². The highest BCUT2D eigenvalue weighted by atomic mass is 16.4. The normalized spacial score (nSPS) is 11.6. The summed E-state index contributed by atoms with van der Waals surface area (Å²) in [5, 5.41) is 1.53. The Kier molecular flexibility index (Phi) is 6.28. The summed E-state index contributed by atoms with van der Waals surface area (Å²) in [5.41, 5.74) is 2.89. The van der Waals surface area contributed by atoms with E-state index in [0.717, 1.165) is 42.3 Å². The first kappa shape index (κ1) is 21.0. The first-order chi connectivity index (χ1) is 15.1. The number of para-hydroxylation sites is 1. The van der Waals surface area contributed by atoms with E-state index in [0.29, 0.717) is 35.4 Å². The molecule has 6 nitrogen and oxygen atoms in total. The molecule has 0 fully saturated rings. The minimum absolute atomic E-state index is 0.131. The molecule has 0 aliphatic carbocycles. The Morgan fingerprint density at radius 1 is 1.00 bits per heavy atom. The van der Waals surface area contributed by atoms with E-state index in [1.165, 1.54) is 0 Å². The maximum absolute atomic E-state index is 12.5. The molecule has 2 aromatic heterocycles. The van der Waals surface area contributed by atoms with Crippen molar-refractivity contribution in [1.29, 1.82) is 0 Å². The average molecular weight is 418 g/mol. The summed E-state index contributed by atoms with van der Waals surface area (Å²) in [6.07, 6.45) is 2.94. The fourth-order valence-electron chi connectivity index (χ4n) is 3.88. The van der Waals surface area contributed by atoms with Crippen LogP contribution in [0.15, 0.2) is 62.5 Å². The van der Waals surface area contributed by atoms with Gasteiger partial charge in [0.25, 0.3) is 5.56 Å². The fraction of sp³-hybridized carbons (Fsp3) is 0.320. The number of benzene rings is 2. The first-order valence-electron chi connectivity index (χ1n) is 10.8. The zero-order chi connectivity index (χ0) is 21.8. The van der Waals surface area contributed by atoms with E-state index in [1.54, 1.807) is 12.1 Å². The average Bonchev–Trinajstić information content (AvgIpc) is 2.77. The van der Waals surface area contributed by atoms with E-state index in [9.17, 15) is 9.59 Å². The summed E-state index contributed by atoms with van der Waals surface area (Å²) in [5.74, 6) is 0.625. The molecule has 2 heterocycles. The van der Waals surface area contributed by atoms with Crippen LogP contribution in [0.3, 0.4) is 0 Å². The number of nitrogens with one attached hydrogen (secondary N) is 1. The molecule has 6 heteroatoms. The summed E-state index contributed by atoms with van der Waals surface area (Å²) >= 11 is 0. The SMILES string of the molecule is CCCCN(Cc1nc2ccccc2c(=O)[nH]1)Cc1cc(=O)oc2cc(CC)ccc12. The summed E-state index contributed by atoms with van der Waals surface area (Å²) in [4.78, 5) is 34.5. The van der Waals surface area contributed by atoms with Gasteiger partial charge in [0.1, 0.15) is 11.4 Å². The third kappa shape index (κ3) is 4.75. The van der Waals surface area contributed by atoms with Gasteiger partial charge in [-0.2, -0.15) is 0 Å². The standard InChI is InChI=1S/C25H27N3O3/c1-3-5-12-28(16-23-26-21-9-7-6-8-20(21)25(30)27-23)15-18-14-24(29)31-22-13-17(4-2)10-11-19(18)22/h6-11,13-14H,3-5,12,15-16H2,1-2H3,(H,26,27,30). The topological polar surface area (TPSA) is 79.2 Å². The molecule has 31 heavy (non-hydrogen) atoms. The van der Waals surface area contributed by atoms with Crippen LogP contribution in [0.5, 0.6) is 0 Å². The minimum atomic E-state index is -0.344. The number of hydrogen-bond donors (Lipinski definition) is 1. The van der Waals surface area contributed by atoms with Crippen LogP contribution in [0.25, 0.3) is 21.9 Å². The lowest BCUT2D eigenvalue weighted by atomic mass is 10.1. The molecule has 0 radical (unpaired) electrons. The number of nitrogens with zero attached hydrogens (tertiary/aromatic N) is 2. The molecular formula is C25H27N3O3. The van der Waals surface area contributed by atoms with Crippen LogP contribution in [0.4, 0.5) is 0 Å². The van der Waals surface area contributed by atoms with Gasteiger partial charge < -0.3 is 9.40 Å². The number of unbranched alkanes of at least 4 members (excludes halogenated alkanes) is 1. The molecule has 2 aromatic carbocycles. The van der Waals surface area contributed by atoms with Gasteiger partial charge in [-0.3, -0.25) is 9.69 Å². The van der Waals surface area contributed by atoms with Crippen molar-refractivity contribution in [3.8, 4) is 0 Å². The number of aryl methyl sites for hydroxylation is 1. The highest BCUT2D eigenvalue weighted by molar-refractivity contribution is 5.81. The van der Waals surface area contributed by atoms with Gasteiger partial charge >= 0.3 is 5.63 Å². The van der Waals surface area contributed by atoms with Gasteiger partial charge in [0, 0.05) is 18.0 Å². The van der Waals surface area contributed by atoms with Crippen molar-refractivity contribution in [3.05, 3.63) is 86.3 Å². The lowest BCUT2D eigenvalue weighted by Crippen LogP contribution is -2.27. The quantitative estimate of drug-likeness (QED) is 0.430. The predicted octanol–water partition coefficient (Wildman–Crippen LogP) is 4.39. The van der Waals surface area contributed by atoms with Crippen molar-refractivity contribution in [2.24, 2.45) is 0 Å². The van der Waals surface area contributed by atoms with Crippen molar-refractivity contribution in [2.45, 2.75) is 46.2 Å². The predicted molar refractivity (Wildman–Crippen MR) is 123 cm³/mol. The molecule has 0 spiro atoms. The Balaban J connectivity index is 1.68. The summed E-state index contributed by atoms with van der Waals surface area (Å²) in [6.45, 7) is 6.13. The van der Waals surface area contributed by atoms with Gasteiger partial charge in [-0.1, -0.05) is 44.5 Å². The van der Waals surface area contributed by atoms with Gasteiger partial charge in [0.05, 0.1) is 17.4 Å². The number of aromatic nitrogens is 2. The number of aromatic amines is 1. The maximum atomic E-state index is 12.5. The van der Waals surface area contributed by atoms with E-state index in [1.807, 2.05) is 30.3 Å². The number of rotatable bonds is 8. The highest BCUT2D eigenvalue weighted by Crippen LogP contribution is 2.21. The minimum Gasteiger partial charge on any atom is -0.423 e. The molecule has 0 bridgehead atoms. The van der Waals surface area contributed by atoms with E-state index in [4.69, 9.17) is 4.42 Å². The zero-order valence-electron chi connectivity index (χ0n) is 18.0. The van der Waals surface area contributed by atoms with Crippen LogP contribution < -0.4 is 11.2 Å². The van der Waals surface area contributed by atoms with Gasteiger partial charge in [-0.15, -0.1) is 0 Å². The largest absolute Gasteiger partial charge is 0.423 e. The van der Waals surface area contributed by atoms with Gasteiger partial charge in [-0.25, -0.2) is 9.78 Å². The summed E-state index contributed by atoms with van der Waals surface area (Å²) in [6, 6.07) is 15.0. The highest BCUT2D eigenvalue weighted by Gasteiger charge is 2.14. The molecule has 0 aliphatic rings. The van der Waals surface area contributed by atoms with Crippen LogP contribution in [0.1, 0.15) is 43.6 Å². The first-order valence-corrected chi connectivity index (χ1v) is 10.8. The molecule has 160 valence electrons. The van der Waals surface area contributed by atoms with Gasteiger partial charge in [-0.05, 0) is 48.7 Å². The Morgan fingerprint density at radius 2 is 1.84 bits per heavy atom. The number of fused-ring (bicyclic) bond motifs is 2. The molecule has 4 rings (SSSR count). The molecule has 1 N–H and O–H groups in total.